The monoisotopic (exact) mass is 795 g/mol. The molecule has 0 saturated heterocycles. The van der Waals surface area contributed by atoms with E-state index in [2.05, 4.69) is 26.0 Å². The normalized spacial score (nSPS) is 23.2. The molecule has 0 N–H and O–H groups in total. The highest BCUT2D eigenvalue weighted by Gasteiger charge is 2.50. The number of carbonyl (C=O) groups excluding carboxylic acids is 2. The molecule has 4 nitrogen and oxygen atoms in total. The van der Waals surface area contributed by atoms with Gasteiger partial charge in [-0.3, -0.25) is 9.59 Å². The van der Waals surface area contributed by atoms with Gasteiger partial charge < -0.3 is 9.47 Å². The average molecular weight is 795 g/mol. The first-order valence-corrected chi connectivity index (χ1v) is 25.3. The van der Waals surface area contributed by atoms with Crippen molar-refractivity contribution in [3.63, 3.8) is 0 Å². The van der Waals surface area contributed by atoms with E-state index >= 15 is 0 Å². The third-order valence-corrected chi connectivity index (χ3v) is 14.6. The van der Waals surface area contributed by atoms with Gasteiger partial charge in [0.05, 0.1) is 13.2 Å². The first kappa shape index (κ1) is 44.9. The number of fused-ring (bicyclic) bond motifs is 5. The van der Waals surface area contributed by atoms with Gasteiger partial charge in [0, 0.05) is 45.9 Å². The summed E-state index contributed by atoms with van der Waals surface area (Å²) in [6.45, 7) is 6.10. The Balaban J connectivity index is 1.26. The molecule has 1 aromatic rings. The molecule has 58 heavy (non-hydrogen) atoms. The highest BCUT2D eigenvalue weighted by atomic mass is 16.5. The molecular weight excluding hydrogens is 713 g/mol. The van der Waals surface area contributed by atoms with Crippen LogP contribution in [0.5, 0.6) is 11.5 Å². The Morgan fingerprint density at radius 2 is 0.724 bits per heavy atom. The molecule has 0 bridgehead atoms. The van der Waals surface area contributed by atoms with Crippen molar-refractivity contribution in [1.82, 2.24) is 0 Å². The predicted octanol–water partition coefficient (Wildman–Crippen LogP) is 15.7. The Kier molecular flexibility index (Phi) is 19.0. The zero-order valence-corrected chi connectivity index (χ0v) is 37.3. The summed E-state index contributed by atoms with van der Waals surface area (Å²) in [5.41, 5.74) is 7.55. The van der Waals surface area contributed by atoms with Crippen LogP contribution in [0.3, 0.4) is 0 Å². The molecule has 2 saturated carbocycles. The second-order valence-corrected chi connectivity index (χ2v) is 18.9. The average Bonchev–Trinajstić information content (AvgIpc) is 3.41. The lowest BCUT2D eigenvalue weighted by molar-refractivity contribution is -0.116. The molecular formula is C54H82O4. The molecule has 6 rings (SSSR count). The smallest absolute Gasteiger partial charge is 0.183 e. The van der Waals surface area contributed by atoms with Gasteiger partial charge in [-0.2, -0.15) is 0 Å². The van der Waals surface area contributed by atoms with Crippen molar-refractivity contribution in [2.24, 2.45) is 11.8 Å². The van der Waals surface area contributed by atoms with E-state index in [1.54, 1.807) is 12.2 Å². The Labute approximate surface area is 354 Å². The fourth-order valence-corrected chi connectivity index (χ4v) is 11.6. The third-order valence-electron chi connectivity index (χ3n) is 14.6. The molecule has 0 aliphatic heterocycles. The predicted molar refractivity (Wildman–Crippen MR) is 242 cm³/mol. The first-order chi connectivity index (χ1) is 28.7. The molecule has 322 valence electrons. The number of allylic oxidation sites excluding steroid dienone is 6. The Bertz CT molecular complexity index is 1430. The summed E-state index contributed by atoms with van der Waals surface area (Å²) in [5, 5.41) is 0. The maximum absolute atomic E-state index is 14.0. The summed E-state index contributed by atoms with van der Waals surface area (Å²) in [7, 11) is 0. The maximum Gasteiger partial charge on any atom is 0.183 e. The lowest BCUT2D eigenvalue weighted by Gasteiger charge is -2.47. The number of ketones is 2. The molecule has 4 heteroatoms. The molecule has 5 aliphatic rings. The van der Waals surface area contributed by atoms with Gasteiger partial charge in [0.15, 0.2) is 11.6 Å². The standard InChI is InChI=1S/C54H82O4/c1-3-5-7-9-11-13-15-17-23-29-39-57-47-37-38-48(58-40-30-24-18-16-14-12-10-8-6-4-2)54-44-34-28-22-20-26-32-42-50(44)49-41(51-45(55)35-36-46(56)52(42)51)31-25-19-21-27-33-43(49)53(47)54/h35-38,41-44H,3-34,39-40H2,1-2H3/t41?,42?,43-,44+. The summed E-state index contributed by atoms with van der Waals surface area (Å²) in [4.78, 5) is 28.1. The molecule has 0 aromatic heterocycles. The van der Waals surface area contributed by atoms with Crippen molar-refractivity contribution in [1.29, 1.82) is 0 Å². The first-order valence-electron chi connectivity index (χ1n) is 25.3. The molecule has 0 heterocycles. The largest absolute Gasteiger partial charge is 0.493 e. The van der Waals surface area contributed by atoms with E-state index in [0.29, 0.717) is 0 Å². The molecule has 4 atom stereocenters. The second-order valence-electron chi connectivity index (χ2n) is 18.9. The van der Waals surface area contributed by atoms with Gasteiger partial charge in [-0.25, -0.2) is 0 Å². The van der Waals surface area contributed by atoms with Gasteiger partial charge in [0.2, 0.25) is 0 Å². The SMILES string of the molecule is CCCCCCCCCCCCOc1ccc(OCCCCCCCCCCCC)c2c1[C@@H]1CCCCCCC3C4=C(C(=O)C=CC4=O)C4CCCCCC[C@H]2C4=C31. The van der Waals surface area contributed by atoms with Crippen molar-refractivity contribution < 1.29 is 19.1 Å². The van der Waals surface area contributed by atoms with Gasteiger partial charge in [-0.1, -0.05) is 192 Å². The summed E-state index contributed by atoms with van der Waals surface area (Å²) in [6, 6.07) is 4.52. The topological polar surface area (TPSA) is 52.6 Å². The molecule has 0 radical (unpaired) electrons. The van der Waals surface area contributed by atoms with Crippen molar-refractivity contribution in [3.8, 4) is 11.5 Å². The van der Waals surface area contributed by atoms with Crippen molar-refractivity contribution >= 4 is 11.6 Å². The second kappa shape index (κ2) is 24.6. The molecule has 2 unspecified atom stereocenters. The van der Waals surface area contributed by atoms with Crippen LogP contribution in [0.15, 0.2) is 46.6 Å². The number of hydrogen-bond donors (Lipinski definition) is 0. The van der Waals surface area contributed by atoms with Crippen LogP contribution in [0.1, 0.15) is 242 Å². The van der Waals surface area contributed by atoms with Gasteiger partial charge in [0.1, 0.15) is 11.5 Å². The lowest BCUT2D eigenvalue weighted by atomic mass is 9.56. The summed E-state index contributed by atoms with van der Waals surface area (Å²) in [5.74, 6) is 2.80. The van der Waals surface area contributed by atoms with E-state index in [4.69, 9.17) is 9.47 Å². The maximum atomic E-state index is 14.0. The number of unbranched alkanes of at least 4 members (excludes halogenated alkanes) is 18. The van der Waals surface area contributed by atoms with E-state index in [-0.39, 0.29) is 35.2 Å². The summed E-state index contributed by atoms with van der Waals surface area (Å²) >= 11 is 0. The third kappa shape index (κ3) is 11.8. The minimum absolute atomic E-state index is 0.0354. The summed E-state index contributed by atoms with van der Waals surface area (Å²) in [6.07, 6.45) is 43.1. The molecule has 5 aliphatic carbocycles. The van der Waals surface area contributed by atoms with Crippen LogP contribution in [0.2, 0.25) is 0 Å². The van der Waals surface area contributed by atoms with Gasteiger partial charge in [-0.15, -0.1) is 0 Å². The van der Waals surface area contributed by atoms with Crippen LogP contribution >= 0.6 is 0 Å². The Morgan fingerprint density at radius 1 is 0.414 bits per heavy atom. The molecule has 0 amide bonds. The van der Waals surface area contributed by atoms with Gasteiger partial charge in [0.25, 0.3) is 0 Å². The molecule has 0 spiro atoms. The minimum Gasteiger partial charge on any atom is -0.493 e. The zero-order valence-electron chi connectivity index (χ0n) is 37.3. The van der Waals surface area contributed by atoms with Crippen molar-refractivity contribution in [2.75, 3.05) is 13.2 Å². The molecule has 1 aromatic carbocycles. The number of ether oxygens (including phenoxy) is 2. The minimum atomic E-state index is 0.0354. The summed E-state index contributed by atoms with van der Waals surface area (Å²) < 4.78 is 13.9. The highest BCUT2D eigenvalue weighted by molar-refractivity contribution is 6.21. The van der Waals surface area contributed by atoms with Gasteiger partial charge >= 0.3 is 0 Å². The van der Waals surface area contributed by atoms with E-state index in [1.165, 1.54) is 176 Å². The number of hydrogen-bond acceptors (Lipinski definition) is 4. The van der Waals surface area contributed by atoms with Crippen LogP contribution in [0.4, 0.5) is 0 Å². The van der Waals surface area contributed by atoms with Crippen LogP contribution in [-0.2, 0) is 9.59 Å². The van der Waals surface area contributed by atoms with Gasteiger partial charge in [-0.05, 0) is 62.8 Å². The van der Waals surface area contributed by atoms with E-state index in [1.807, 2.05) is 0 Å². The number of rotatable bonds is 24. The van der Waals surface area contributed by atoms with Crippen molar-refractivity contribution in [2.45, 2.75) is 231 Å². The fraction of sp³-hybridized carbons (Fsp3) is 0.741. The van der Waals surface area contributed by atoms with Crippen LogP contribution in [0.25, 0.3) is 0 Å². The Morgan fingerprint density at radius 3 is 1.07 bits per heavy atom. The fourth-order valence-electron chi connectivity index (χ4n) is 11.6. The number of carbonyl (C=O) groups is 2. The van der Waals surface area contributed by atoms with E-state index in [0.717, 1.165) is 87.2 Å². The van der Waals surface area contributed by atoms with Crippen molar-refractivity contribution in [3.05, 3.63) is 57.7 Å². The van der Waals surface area contributed by atoms with Crippen LogP contribution in [-0.4, -0.2) is 24.8 Å². The molecule has 2 fully saturated rings. The zero-order chi connectivity index (χ0) is 40.4. The van der Waals surface area contributed by atoms with Crippen LogP contribution in [0, 0.1) is 11.8 Å². The van der Waals surface area contributed by atoms with E-state index in [9.17, 15) is 9.59 Å². The quantitative estimate of drug-likeness (QED) is 0.0594. The lowest BCUT2D eigenvalue weighted by Crippen LogP contribution is -2.38. The van der Waals surface area contributed by atoms with E-state index < -0.39 is 0 Å². The highest BCUT2D eigenvalue weighted by Crippen LogP contribution is 2.62. The van der Waals surface area contributed by atoms with Crippen LogP contribution < -0.4 is 9.47 Å². The number of benzene rings is 1. The Hall–Kier alpha value is -2.62.